The van der Waals surface area contributed by atoms with Crippen LogP contribution in [0.25, 0.3) is 0 Å². The first-order chi connectivity index (χ1) is 11.6. The van der Waals surface area contributed by atoms with Crippen molar-refractivity contribution in [2.45, 2.75) is 53.0 Å². The normalized spacial score (nSPS) is 11.8. The Morgan fingerprint density at radius 3 is 2.28 bits per heavy atom. The predicted molar refractivity (Wildman–Crippen MR) is 91.4 cm³/mol. The maximum absolute atomic E-state index is 13.0. The lowest BCUT2D eigenvalue weighted by molar-refractivity contribution is -0.141. The highest BCUT2D eigenvalue weighted by atomic mass is 19.4. The standard InChI is InChI=1S/C19H23F3N2O/c1-13(2)23(11-16-8-6-5-7-9-16)18(25)17-10-14(3)24(15(17)4)12-19(20,21)22/h5-10,13H,11-12H2,1-4H3. The van der Waals surface area contributed by atoms with Crippen molar-refractivity contribution in [1.82, 2.24) is 9.47 Å². The number of aryl methyl sites for hydroxylation is 1. The molecule has 0 aliphatic carbocycles. The largest absolute Gasteiger partial charge is 0.406 e. The van der Waals surface area contributed by atoms with Gasteiger partial charge in [-0.2, -0.15) is 13.2 Å². The fourth-order valence-electron chi connectivity index (χ4n) is 2.86. The molecule has 0 N–H and O–H groups in total. The van der Waals surface area contributed by atoms with Crippen LogP contribution in [0.2, 0.25) is 0 Å². The molecule has 6 heteroatoms. The van der Waals surface area contributed by atoms with E-state index in [1.165, 1.54) is 0 Å². The van der Waals surface area contributed by atoms with Crippen LogP contribution in [0, 0.1) is 13.8 Å². The topological polar surface area (TPSA) is 25.2 Å². The second-order valence-corrected chi connectivity index (χ2v) is 6.50. The molecular formula is C19H23F3N2O. The summed E-state index contributed by atoms with van der Waals surface area (Å²) in [5, 5.41) is 0. The number of nitrogens with zero attached hydrogens (tertiary/aromatic N) is 2. The van der Waals surface area contributed by atoms with Crippen molar-refractivity contribution >= 4 is 5.91 Å². The zero-order valence-corrected chi connectivity index (χ0v) is 14.9. The van der Waals surface area contributed by atoms with E-state index in [4.69, 9.17) is 0 Å². The molecule has 136 valence electrons. The molecular weight excluding hydrogens is 329 g/mol. The monoisotopic (exact) mass is 352 g/mol. The molecule has 3 nitrogen and oxygen atoms in total. The molecule has 0 fully saturated rings. The summed E-state index contributed by atoms with van der Waals surface area (Å²) in [4.78, 5) is 14.6. The van der Waals surface area contributed by atoms with Crippen molar-refractivity contribution in [3.63, 3.8) is 0 Å². The summed E-state index contributed by atoms with van der Waals surface area (Å²) in [5.74, 6) is -0.250. The van der Waals surface area contributed by atoms with Crippen LogP contribution in [0.15, 0.2) is 36.4 Å². The summed E-state index contributed by atoms with van der Waals surface area (Å²) in [6, 6.07) is 11.0. The van der Waals surface area contributed by atoms with Gasteiger partial charge in [-0.05, 0) is 39.3 Å². The molecule has 0 aliphatic rings. The first-order valence-corrected chi connectivity index (χ1v) is 8.18. The van der Waals surface area contributed by atoms with Gasteiger partial charge in [-0.15, -0.1) is 0 Å². The van der Waals surface area contributed by atoms with Gasteiger partial charge in [-0.1, -0.05) is 30.3 Å². The molecule has 2 rings (SSSR count). The molecule has 0 atom stereocenters. The number of hydrogen-bond acceptors (Lipinski definition) is 1. The highest BCUT2D eigenvalue weighted by Gasteiger charge is 2.31. The summed E-state index contributed by atoms with van der Waals surface area (Å²) in [7, 11) is 0. The van der Waals surface area contributed by atoms with Gasteiger partial charge in [0.2, 0.25) is 0 Å². The molecule has 25 heavy (non-hydrogen) atoms. The Kier molecular flexibility index (Phi) is 5.60. The molecule has 1 aromatic heterocycles. The van der Waals surface area contributed by atoms with Crippen molar-refractivity contribution in [3.05, 3.63) is 58.9 Å². The number of aromatic nitrogens is 1. The van der Waals surface area contributed by atoms with Crippen LogP contribution in [-0.2, 0) is 13.1 Å². The quantitative estimate of drug-likeness (QED) is 0.764. The van der Waals surface area contributed by atoms with E-state index in [-0.39, 0.29) is 11.9 Å². The molecule has 0 unspecified atom stereocenters. The Morgan fingerprint density at radius 1 is 1.16 bits per heavy atom. The molecule has 2 aromatic rings. The van der Waals surface area contributed by atoms with E-state index in [0.29, 0.717) is 23.5 Å². The highest BCUT2D eigenvalue weighted by Crippen LogP contribution is 2.25. The third-order valence-electron chi connectivity index (χ3n) is 4.22. The highest BCUT2D eigenvalue weighted by molar-refractivity contribution is 5.96. The number of alkyl halides is 3. The Labute approximate surface area is 146 Å². The predicted octanol–water partition coefficient (Wildman–Crippen LogP) is 4.72. The van der Waals surface area contributed by atoms with Crippen molar-refractivity contribution in [3.8, 4) is 0 Å². The van der Waals surface area contributed by atoms with Crippen LogP contribution in [0.5, 0.6) is 0 Å². The van der Waals surface area contributed by atoms with E-state index in [9.17, 15) is 18.0 Å². The molecule has 1 amide bonds. The minimum atomic E-state index is -4.32. The minimum Gasteiger partial charge on any atom is -0.339 e. The number of rotatable bonds is 5. The van der Waals surface area contributed by atoms with Crippen molar-refractivity contribution in [2.75, 3.05) is 0 Å². The summed E-state index contributed by atoms with van der Waals surface area (Å²) >= 11 is 0. The summed E-state index contributed by atoms with van der Waals surface area (Å²) in [6.45, 7) is 6.28. The van der Waals surface area contributed by atoms with Crippen molar-refractivity contribution < 1.29 is 18.0 Å². The van der Waals surface area contributed by atoms with Crippen LogP contribution in [0.4, 0.5) is 13.2 Å². The van der Waals surface area contributed by atoms with Crippen LogP contribution < -0.4 is 0 Å². The second kappa shape index (κ2) is 7.33. The van der Waals surface area contributed by atoms with Crippen LogP contribution >= 0.6 is 0 Å². The first kappa shape index (κ1) is 19.1. The third kappa shape index (κ3) is 4.65. The van der Waals surface area contributed by atoms with Crippen molar-refractivity contribution in [1.29, 1.82) is 0 Å². The lowest BCUT2D eigenvalue weighted by Crippen LogP contribution is -2.36. The number of hydrogen-bond donors (Lipinski definition) is 0. The maximum Gasteiger partial charge on any atom is 0.406 e. The first-order valence-electron chi connectivity index (χ1n) is 8.18. The number of halogens is 3. The average Bonchev–Trinajstić information content (AvgIpc) is 2.79. The van der Waals surface area contributed by atoms with Gasteiger partial charge in [0.05, 0.1) is 5.56 Å². The molecule has 1 aromatic carbocycles. The lowest BCUT2D eigenvalue weighted by atomic mass is 10.1. The summed E-state index contributed by atoms with van der Waals surface area (Å²) in [5.41, 5.74) is 2.08. The number of carbonyl (C=O) groups excluding carboxylic acids is 1. The molecule has 0 radical (unpaired) electrons. The van der Waals surface area contributed by atoms with Gasteiger partial charge >= 0.3 is 6.18 Å². The number of amides is 1. The fraction of sp³-hybridized carbons (Fsp3) is 0.421. The smallest absolute Gasteiger partial charge is 0.339 e. The zero-order chi connectivity index (χ0) is 18.8. The SMILES string of the molecule is Cc1cc(C(=O)N(Cc2ccccc2)C(C)C)c(C)n1CC(F)(F)F. The van der Waals surface area contributed by atoms with Crippen LogP contribution in [0.3, 0.4) is 0 Å². The van der Waals surface area contributed by atoms with Gasteiger partial charge in [0, 0.05) is 24.0 Å². The Bertz CT molecular complexity index is 733. The van der Waals surface area contributed by atoms with Gasteiger partial charge in [-0.3, -0.25) is 4.79 Å². The molecule has 0 spiro atoms. The van der Waals surface area contributed by atoms with E-state index >= 15 is 0 Å². The van der Waals surface area contributed by atoms with E-state index < -0.39 is 12.7 Å². The molecule has 0 aliphatic heterocycles. The minimum absolute atomic E-state index is 0.0709. The van der Waals surface area contributed by atoms with E-state index in [1.54, 1.807) is 24.8 Å². The number of carbonyl (C=O) groups is 1. The second-order valence-electron chi connectivity index (χ2n) is 6.50. The number of benzene rings is 1. The summed E-state index contributed by atoms with van der Waals surface area (Å²) in [6.07, 6.45) is -4.32. The average molecular weight is 352 g/mol. The van der Waals surface area contributed by atoms with Crippen LogP contribution in [0.1, 0.15) is 41.2 Å². The Balaban J connectivity index is 2.32. The van der Waals surface area contributed by atoms with Crippen LogP contribution in [-0.4, -0.2) is 27.6 Å². The van der Waals surface area contributed by atoms with E-state index in [2.05, 4.69) is 0 Å². The van der Waals surface area contributed by atoms with E-state index in [0.717, 1.165) is 10.1 Å². The van der Waals surface area contributed by atoms with Crippen molar-refractivity contribution in [2.24, 2.45) is 0 Å². The lowest BCUT2D eigenvalue weighted by Gasteiger charge is -2.27. The van der Waals surface area contributed by atoms with Gasteiger partial charge in [0.25, 0.3) is 5.91 Å². The molecule has 0 bridgehead atoms. The maximum atomic E-state index is 13.0. The van der Waals surface area contributed by atoms with Gasteiger partial charge in [-0.25, -0.2) is 0 Å². The van der Waals surface area contributed by atoms with Gasteiger partial charge in [0.15, 0.2) is 0 Å². The Morgan fingerprint density at radius 2 is 1.76 bits per heavy atom. The fourth-order valence-corrected chi connectivity index (χ4v) is 2.86. The Hall–Kier alpha value is -2.24. The molecule has 0 saturated heterocycles. The third-order valence-corrected chi connectivity index (χ3v) is 4.22. The van der Waals surface area contributed by atoms with Gasteiger partial charge in [0.1, 0.15) is 6.54 Å². The zero-order valence-electron chi connectivity index (χ0n) is 14.9. The molecule has 1 heterocycles. The van der Waals surface area contributed by atoms with E-state index in [1.807, 2.05) is 44.2 Å². The molecule has 0 saturated carbocycles. The summed E-state index contributed by atoms with van der Waals surface area (Å²) < 4.78 is 39.5. The van der Waals surface area contributed by atoms with Gasteiger partial charge < -0.3 is 9.47 Å².